The number of nitrogens with zero attached hydrogens (tertiary/aromatic N) is 1. The maximum absolute atomic E-state index is 12.0. The van der Waals surface area contributed by atoms with Gasteiger partial charge in [0, 0.05) is 25.5 Å². The number of hydrogen-bond acceptors (Lipinski definition) is 4. The first-order chi connectivity index (χ1) is 8.68. The van der Waals surface area contributed by atoms with E-state index in [1.165, 1.54) is 0 Å². The van der Waals surface area contributed by atoms with Crippen molar-refractivity contribution in [3.05, 3.63) is 24.0 Å². The predicted molar refractivity (Wildman–Crippen MR) is 69.1 cm³/mol. The van der Waals surface area contributed by atoms with Gasteiger partial charge in [0.1, 0.15) is 0 Å². The Balaban J connectivity index is 1.96. The molecule has 1 atom stereocenters. The van der Waals surface area contributed by atoms with E-state index in [-0.39, 0.29) is 11.9 Å². The Labute approximate surface area is 107 Å². The first-order valence-corrected chi connectivity index (χ1v) is 6.27. The summed E-state index contributed by atoms with van der Waals surface area (Å²) in [5, 5.41) is 2.97. The quantitative estimate of drug-likeness (QED) is 0.844. The van der Waals surface area contributed by atoms with Crippen molar-refractivity contribution in [3.8, 4) is 0 Å². The van der Waals surface area contributed by atoms with E-state index in [0.29, 0.717) is 17.3 Å². The molecule has 98 valence electrons. The summed E-state index contributed by atoms with van der Waals surface area (Å²) in [6.07, 6.45) is 3.54. The molecule has 1 aliphatic rings. The fraction of sp³-hybridized carbons (Fsp3) is 0.538. The number of carbonyl (C=O) groups is 1. The van der Waals surface area contributed by atoms with Gasteiger partial charge in [-0.1, -0.05) is 0 Å². The van der Waals surface area contributed by atoms with Gasteiger partial charge in [-0.05, 0) is 37.8 Å². The molecule has 0 radical (unpaired) electrons. The largest absolute Gasteiger partial charge is 0.397 e. The molecule has 1 aromatic rings. The lowest BCUT2D eigenvalue weighted by Crippen LogP contribution is -2.40. The zero-order chi connectivity index (χ0) is 13.0. The molecule has 2 heterocycles. The Kier molecular flexibility index (Phi) is 4.15. The summed E-state index contributed by atoms with van der Waals surface area (Å²) in [5.74, 6) is 0.264. The zero-order valence-electron chi connectivity index (χ0n) is 10.6. The van der Waals surface area contributed by atoms with Crippen molar-refractivity contribution in [1.29, 1.82) is 0 Å². The molecule has 1 unspecified atom stereocenters. The van der Waals surface area contributed by atoms with Gasteiger partial charge in [-0.2, -0.15) is 0 Å². The molecule has 0 spiro atoms. The summed E-state index contributed by atoms with van der Waals surface area (Å²) in [5.41, 5.74) is 6.45. The molecule has 0 bridgehead atoms. The standard InChI is InChI=1S/C13H19N3O2/c1-9(10-4-7-18-8-5-10)16-13(17)12-11(14)3-2-6-15-12/h2-3,6,9-10H,4-5,7-8,14H2,1H3,(H,16,17). The fourth-order valence-corrected chi connectivity index (χ4v) is 2.22. The Bertz CT molecular complexity index is 416. The minimum atomic E-state index is -0.202. The monoisotopic (exact) mass is 249 g/mol. The average molecular weight is 249 g/mol. The van der Waals surface area contributed by atoms with E-state index < -0.39 is 0 Å². The van der Waals surface area contributed by atoms with Crippen molar-refractivity contribution in [2.75, 3.05) is 18.9 Å². The normalized spacial score (nSPS) is 18.3. The van der Waals surface area contributed by atoms with Crippen LogP contribution in [0.1, 0.15) is 30.3 Å². The van der Waals surface area contributed by atoms with Crippen LogP contribution in [-0.2, 0) is 4.74 Å². The molecule has 0 aromatic carbocycles. The van der Waals surface area contributed by atoms with Gasteiger partial charge in [0.25, 0.3) is 5.91 Å². The molecule has 2 rings (SSSR count). The third kappa shape index (κ3) is 2.98. The van der Waals surface area contributed by atoms with Crippen molar-refractivity contribution in [2.24, 2.45) is 5.92 Å². The lowest BCUT2D eigenvalue weighted by molar-refractivity contribution is 0.0538. The highest BCUT2D eigenvalue weighted by molar-refractivity contribution is 5.97. The molecule has 3 N–H and O–H groups in total. The Hall–Kier alpha value is -1.62. The van der Waals surface area contributed by atoms with Crippen LogP contribution in [0.5, 0.6) is 0 Å². The van der Waals surface area contributed by atoms with Gasteiger partial charge in [0.15, 0.2) is 5.69 Å². The topological polar surface area (TPSA) is 77.2 Å². The molecule has 5 nitrogen and oxygen atoms in total. The van der Waals surface area contributed by atoms with Crippen LogP contribution in [0.3, 0.4) is 0 Å². The van der Waals surface area contributed by atoms with E-state index in [2.05, 4.69) is 10.3 Å². The molecular weight excluding hydrogens is 230 g/mol. The molecule has 1 aliphatic heterocycles. The highest BCUT2D eigenvalue weighted by Crippen LogP contribution is 2.19. The van der Waals surface area contributed by atoms with E-state index in [9.17, 15) is 4.79 Å². The van der Waals surface area contributed by atoms with E-state index >= 15 is 0 Å². The SMILES string of the molecule is CC(NC(=O)c1ncccc1N)C1CCOCC1. The fourth-order valence-electron chi connectivity index (χ4n) is 2.22. The zero-order valence-corrected chi connectivity index (χ0v) is 10.6. The third-order valence-corrected chi connectivity index (χ3v) is 3.39. The second-order valence-electron chi connectivity index (χ2n) is 4.65. The van der Waals surface area contributed by atoms with Gasteiger partial charge in [-0.25, -0.2) is 4.98 Å². The molecule has 0 saturated carbocycles. The van der Waals surface area contributed by atoms with Gasteiger partial charge in [-0.15, -0.1) is 0 Å². The van der Waals surface area contributed by atoms with E-state index in [4.69, 9.17) is 10.5 Å². The molecule has 1 amide bonds. The van der Waals surface area contributed by atoms with Gasteiger partial charge >= 0.3 is 0 Å². The minimum Gasteiger partial charge on any atom is -0.397 e. The summed E-state index contributed by atoms with van der Waals surface area (Å²) in [4.78, 5) is 16.0. The molecule has 1 fully saturated rings. The maximum Gasteiger partial charge on any atom is 0.272 e. The van der Waals surface area contributed by atoms with Crippen molar-refractivity contribution >= 4 is 11.6 Å². The van der Waals surface area contributed by atoms with Crippen LogP contribution in [-0.4, -0.2) is 30.1 Å². The lowest BCUT2D eigenvalue weighted by atomic mass is 9.93. The number of nitrogens with two attached hydrogens (primary N) is 1. The van der Waals surface area contributed by atoms with Crippen molar-refractivity contribution in [1.82, 2.24) is 10.3 Å². The number of ether oxygens (including phenoxy) is 1. The second kappa shape index (κ2) is 5.82. The second-order valence-corrected chi connectivity index (χ2v) is 4.65. The first-order valence-electron chi connectivity index (χ1n) is 6.27. The van der Waals surface area contributed by atoms with E-state index in [1.54, 1.807) is 18.3 Å². The summed E-state index contributed by atoms with van der Waals surface area (Å²) < 4.78 is 5.31. The number of hydrogen-bond donors (Lipinski definition) is 2. The smallest absolute Gasteiger partial charge is 0.272 e. The summed E-state index contributed by atoms with van der Waals surface area (Å²) >= 11 is 0. The Morgan fingerprint density at radius 1 is 1.56 bits per heavy atom. The molecule has 18 heavy (non-hydrogen) atoms. The molecular formula is C13H19N3O2. The van der Waals surface area contributed by atoms with E-state index in [0.717, 1.165) is 26.1 Å². The first kappa shape index (κ1) is 12.8. The van der Waals surface area contributed by atoms with Gasteiger partial charge in [0.2, 0.25) is 0 Å². The maximum atomic E-state index is 12.0. The molecule has 1 aromatic heterocycles. The number of anilines is 1. The van der Waals surface area contributed by atoms with Crippen LogP contribution in [0, 0.1) is 5.92 Å². The summed E-state index contributed by atoms with van der Waals surface area (Å²) in [6, 6.07) is 3.51. The predicted octanol–water partition coefficient (Wildman–Crippen LogP) is 1.21. The molecule has 1 saturated heterocycles. The summed E-state index contributed by atoms with van der Waals surface area (Å²) in [6.45, 7) is 3.57. The van der Waals surface area contributed by atoms with Crippen molar-refractivity contribution < 1.29 is 9.53 Å². The Morgan fingerprint density at radius 3 is 2.94 bits per heavy atom. The van der Waals surface area contributed by atoms with Gasteiger partial charge < -0.3 is 15.8 Å². The third-order valence-electron chi connectivity index (χ3n) is 3.39. The van der Waals surface area contributed by atoms with Gasteiger partial charge in [-0.3, -0.25) is 4.79 Å². The highest BCUT2D eigenvalue weighted by atomic mass is 16.5. The highest BCUT2D eigenvalue weighted by Gasteiger charge is 2.23. The number of pyridine rings is 1. The minimum absolute atomic E-state index is 0.114. The lowest BCUT2D eigenvalue weighted by Gasteiger charge is -2.28. The molecule has 5 heteroatoms. The Morgan fingerprint density at radius 2 is 2.28 bits per heavy atom. The number of aromatic nitrogens is 1. The van der Waals surface area contributed by atoms with Crippen LogP contribution in [0.15, 0.2) is 18.3 Å². The number of nitrogens with one attached hydrogen (secondary N) is 1. The van der Waals surface area contributed by atoms with Crippen molar-refractivity contribution in [2.45, 2.75) is 25.8 Å². The van der Waals surface area contributed by atoms with Crippen LogP contribution >= 0.6 is 0 Å². The van der Waals surface area contributed by atoms with Crippen LogP contribution in [0.4, 0.5) is 5.69 Å². The van der Waals surface area contributed by atoms with E-state index in [1.807, 2.05) is 6.92 Å². The van der Waals surface area contributed by atoms with Crippen LogP contribution in [0.25, 0.3) is 0 Å². The number of amides is 1. The number of carbonyl (C=O) groups excluding carboxylic acids is 1. The average Bonchev–Trinajstić information content (AvgIpc) is 2.40. The van der Waals surface area contributed by atoms with Crippen LogP contribution < -0.4 is 11.1 Å². The van der Waals surface area contributed by atoms with Crippen molar-refractivity contribution in [3.63, 3.8) is 0 Å². The van der Waals surface area contributed by atoms with Gasteiger partial charge in [0.05, 0.1) is 5.69 Å². The molecule has 0 aliphatic carbocycles. The number of nitrogen functional groups attached to an aromatic ring is 1. The number of rotatable bonds is 3. The summed E-state index contributed by atoms with van der Waals surface area (Å²) in [7, 11) is 0. The van der Waals surface area contributed by atoms with Crippen LogP contribution in [0.2, 0.25) is 0 Å².